The number of aromatic nitrogens is 1. The van der Waals surface area contributed by atoms with Crippen LogP contribution in [0, 0.1) is 28.6 Å². The maximum absolute atomic E-state index is 10.2. The first-order chi connectivity index (χ1) is 16.0. The Balaban J connectivity index is 1.26. The number of benzene rings is 1. The number of para-hydroxylation sites is 1. The molecule has 172 valence electrons. The van der Waals surface area contributed by atoms with Gasteiger partial charge in [0, 0.05) is 28.3 Å². The normalized spacial score (nSPS) is 39.4. The number of rotatable bonds is 2. The zero-order valence-electron chi connectivity index (χ0n) is 19.9. The van der Waals surface area contributed by atoms with Crippen LogP contribution in [0.5, 0.6) is 0 Å². The van der Waals surface area contributed by atoms with E-state index >= 15 is 0 Å². The fourth-order valence-corrected chi connectivity index (χ4v) is 7.99. The second-order valence-electron chi connectivity index (χ2n) is 11.4. The number of hydrogen-bond donors (Lipinski definition) is 1. The van der Waals surface area contributed by atoms with E-state index in [0.717, 1.165) is 54.0 Å². The lowest BCUT2D eigenvalue weighted by atomic mass is 9.48. The van der Waals surface area contributed by atoms with Crippen LogP contribution in [-0.4, -0.2) is 28.1 Å². The summed E-state index contributed by atoms with van der Waals surface area (Å²) in [4.78, 5) is 4.45. The maximum atomic E-state index is 10.2. The van der Waals surface area contributed by atoms with Gasteiger partial charge in [-0.1, -0.05) is 43.7 Å². The van der Waals surface area contributed by atoms with E-state index in [-0.39, 0.29) is 11.5 Å². The van der Waals surface area contributed by atoms with E-state index in [1.807, 2.05) is 36.7 Å². The van der Waals surface area contributed by atoms with E-state index in [0.29, 0.717) is 11.3 Å². The van der Waals surface area contributed by atoms with Crippen LogP contribution in [0.25, 0.3) is 10.9 Å². The Labute approximate surface area is 196 Å². The molecule has 3 saturated carbocycles. The Hall–Kier alpha value is -2.33. The fourth-order valence-electron chi connectivity index (χ4n) is 7.99. The monoisotopic (exact) mass is 441 g/mol. The topological polar surface area (TPSA) is 57.8 Å². The predicted octanol–water partition coefficient (Wildman–Crippen LogP) is 6.33. The Kier molecular flexibility index (Phi) is 5.06. The van der Waals surface area contributed by atoms with Crippen molar-refractivity contribution in [3.05, 3.63) is 53.7 Å². The Bertz CT molecular complexity index is 1160. The lowest BCUT2D eigenvalue weighted by Crippen LogP contribution is -2.50. The first-order valence-electron chi connectivity index (χ1n) is 12.8. The third kappa shape index (κ3) is 3.32. The highest BCUT2D eigenvalue weighted by Gasteiger charge is 2.57. The molecule has 4 nitrogen and oxygen atoms in total. The molecule has 1 heterocycles. The van der Waals surface area contributed by atoms with Gasteiger partial charge in [-0.05, 0) is 86.7 Å². The van der Waals surface area contributed by atoms with E-state index in [9.17, 15) is 5.11 Å². The number of fused-ring (bicyclic) bond motifs is 6. The van der Waals surface area contributed by atoms with Crippen molar-refractivity contribution in [3.8, 4) is 0 Å². The van der Waals surface area contributed by atoms with Gasteiger partial charge in [0.15, 0.2) is 0 Å². The molecule has 0 saturated heterocycles. The summed E-state index contributed by atoms with van der Waals surface area (Å²) in [6.07, 6.45) is 15.1. The average Bonchev–Trinajstić information content (AvgIpc) is 3.16. The molecule has 0 radical (unpaired) electrons. The molecule has 2 aromatic rings. The predicted molar refractivity (Wildman–Crippen MR) is 134 cm³/mol. The molecule has 0 amide bonds. The lowest BCUT2D eigenvalue weighted by Gasteiger charge is -2.57. The van der Waals surface area contributed by atoms with Crippen molar-refractivity contribution in [2.75, 3.05) is 0 Å². The van der Waals surface area contributed by atoms with Crippen molar-refractivity contribution in [3.63, 3.8) is 0 Å². The van der Waals surface area contributed by atoms with E-state index in [2.05, 4.69) is 36.1 Å². The van der Waals surface area contributed by atoms with Gasteiger partial charge >= 0.3 is 0 Å². The first kappa shape index (κ1) is 21.2. The minimum absolute atomic E-state index is 0.129. The van der Waals surface area contributed by atoms with Gasteiger partial charge in [0.2, 0.25) is 0 Å². The van der Waals surface area contributed by atoms with Crippen molar-refractivity contribution < 1.29 is 5.11 Å². The van der Waals surface area contributed by atoms with Crippen LogP contribution < -0.4 is 0 Å². The van der Waals surface area contributed by atoms with Gasteiger partial charge in [0.25, 0.3) is 0 Å². The third-order valence-corrected chi connectivity index (χ3v) is 9.88. The van der Waals surface area contributed by atoms with Crippen LogP contribution in [0.1, 0.15) is 70.8 Å². The molecular formula is C29H35N3O. The van der Waals surface area contributed by atoms with Crippen LogP contribution in [0.2, 0.25) is 0 Å². The quantitative estimate of drug-likeness (QED) is 0.336. The summed E-state index contributed by atoms with van der Waals surface area (Å²) in [5, 5.41) is 20.8. The molecule has 4 heteroatoms. The maximum Gasteiger partial charge on any atom is 0.0708 e. The van der Waals surface area contributed by atoms with Crippen molar-refractivity contribution in [2.24, 2.45) is 38.8 Å². The molecule has 1 N–H and O–H groups in total. The minimum Gasteiger partial charge on any atom is -0.393 e. The van der Waals surface area contributed by atoms with Crippen molar-refractivity contribution in [1.29, 1.82) is 0 Å². The van der Waals surface area contributed by atoms with Crippen LogP contribution in [0.3, 0.4) is 0 Å². The molecule has 0 spiro atoms. The largest absolute Gasteiger partial charge is 0.393 e. The minimum atomic E-state index is -0.129. The number of pyridine rings is 1. The first-order valence-corrected chi connectivity index (χ1v) is 12.8. The van der Waals surface area contributed by atoms with Gasteiger partial charge in [-0.25, -0.2) is 0 Å². The highest BCUT2D eigenvalue weighted by atomic mass is 16.3. The molecule has 0 unspecified atom stereocenters. The number of aliphatic hydroxyl groups excluding tert-OH is 1. The standard InChI is InChI=1S/C29H35N3O/c1-28-14-11-21(33)17-20(28)7-8-23-24-9-10-27(29(24,2)15-12-25(23)28)32-31-18-19-13-16-30-26-6-4-3-5-22(19)26/h3-7,13,16,18,21,23-25,33H,8-12,14-15,17H2,1-2H3/b31-18+,32-27-/t21-,23-,24-,25-,28-,29-/m0/s1. The van der Waals surface area contributed by atoms with E-state index in [1.165, 1.54) is 31.4 Å². The van der Waals surface area contributed by atoms with Gasteiger partial charge in [-0.3, -0.25) is 4.98 Å². The van der Waals surface area contributed by atoms with Gasteiger partial charge in [-0.15, -0.1) is 0 Å². The molecule has 4 aliphatic carbocycles. The molecule has 33 heavy (non-hydrogen) atoms. The van der Waals surface area contributed by atoms with Crippen molar-refractivity contribution >= 4 is 22.8 Å². The summed E-state index contributed by atoms with van der Waals surface area (Å²) in [7, 11) is 0. The van der Waals surface area contributed by atoms with Gasteiger partial charge in [-0.2, -0.15) is 10.2 Å². The van der Waals surface area contributed by atoms with E-state index in [4.69, 9.17) is 5.10 Å². The smallest absolute Gasteiger partial charge is 0.0708 e. The Morgan fingerprint density at radius 3 is 2.76 bits per heavy atom. The van der Waals surface area contributed by atoms with Crippen molar-refractivity contribution in [1.82, 2.24) is 4.98 Å². The summed E-state index contributed by atoms with van der Waals surface area (Å²) in [6.45, 7) is 4.96. The van der Waals surface area contributed by atoms with Crippen LogP contribution in [0.15, 0.2) is 58.4 Å². The van der Waals surface area contributed by atoms with Gasteiger partial charge < -0.3 is 5.11 Å². The molecule has 3 fully saturated rings. The summed E-state index contributed by atoms with van der Waals surface area (Å²) < 4.78 is 0. The second-order valence-corrected chi connectivity index (χ2v) is 11.4. The fraction of sp³-hybridized carbons (Fsp3) is 0.552. The highest BCUT2D eigenvalue weighted by Crippen LogP contribution is 2.64. The molecule has 6 atom stereocenters. The molecular weight excluding hydrogens is 406 g/mol. The van der Waals surface area contributed by atoms with Gasteiger partial charge in [0.05, 0.1) is 17.8 Å². The third-order valence-electron chi connectivity index (χ3n) is 9.88. The summed E-state index contributed by atoms with van der Waals surface area (Å²) in [5.74, 6) is 2.20. The highest BCUT2D eigenvalue weighted by molar-refractivity contribution is 5.98. The molecule has 0 bridgehead atoms. The van der Waals surface area contributed by atoms with E-state index in [1.54, 1.807) is 5.57 Å². The zero-order chi connectivity index (χ0) is 22.6. The molecule has 4 aliphatic rings. The SMILES string of the molecule is C[C@]12CC[C@H](O)CC1=CC[C@@H]1[C@@H]2CC[C@]2(C)/C(=N\N=C\c3ccnc4ccccc34)CC[C@@H]12. The molecule has 0 aliphatic heterocycles. The van der Waals surface area contributed by atoms with Crippen LogP contribution in [0.4, 0.5) is 0 Å². The average molecular weight is 442 g/mol. The van der Waals surface area contributed by atoms with Crippen LogP contribution >= 0.6 is 0 Å². The Morgan fingerprint density at radius 1 is 1.03 bits per heavy atom. The lowest BCUT2D eigenvalue weighted by molar-refractivity contribution is -0.0209. The summed E-state index contributed by atoms with van der Waals surface area (Å²) in [5.41, 5.74) is 5.39. The van der Waals surface area contributed by atoms with Crippen LogP contribution in [-0.2, 0) is 0 Å². The van der Waals surface area contributed by atoms with E-state index < -0.39 is 0 Å². The zero-order valence-corrected chi connectivity index (χ0v) is 19.9. The molecule has 1 aromatic carbocycles. The Morgan fingerprint density at radius 2 is 1.85 bits per heavy atom. The second kappa shape index (κ2) is 7.87. The van der Waals surface area contributed by atoms with Crippen molar-refractivity contribution in [2.45, 2.75) is 71.3 Å². The van der Waals surface area contributed by atoms with Gasteiger partial charge in [0.1, 0.15) is 0 Å². The molecule has 6 rings (SSSR count). The molecule has 1 aromatic heterocycles. The summed E-state index contributed by atoms with van der Waals surface area (Å²) in [6, 6.07) is 10.2. The number of nitrogens with zero attached hydrogens (tertiary/aromatic N) is 3. The number of aliphatic hydroxyl groups is 1. The number of hydrogen-bond acceptors (Lipinski definition) is 4. The summed E-state index contributed by atoms with van der Waals surface area (Å²) >= 11 is 0. The number of allylic oxidation sites excluding steroid dienone is 1.